The van der Waals surface area contributed by atoms with E-state index in [0.29, 0.717) is 11.1 Å². The first kappa shape index (κ1) is 16.2. The van der Waals surface area contributed by atoms with Crippen molar-refractivity contribution in [3.63, 3.8) is 0 Å². The second-order valence-corrected chi connectivity index (χ2v) is 4.88. The van der Waals surface area contributed by atoms with Gasteiger partial charge < -0.3 is 20.6 Å². The molecule has 0 atom stereocenters. The van der Waals surface area contributed by atoms with E-state index < -0.39 is 0 Å². The Morgan fingerprint density at radius 1 is 0.870 bits per heavy atom. The summed E-state index contributed by atoms with van der Waals surface area (Å²) in [4.78, 5) is 11.3. The van der Waals surface area contributed by atoms with Crippen molar-refractivity contribution in [2.24, 2.45) is 0 Å². The molecular weight excluding hydrogens is 294 g/mol. The molecule has 4 N–H and O–H groups in total. The molecule has 0 aliphatic carbocycles. The maximum absolute atomic E-state index is 11.3. The third kappa shape index (κ3) is 4.64. The van der Waals surface area contributed by atoms with Gasteiger partial charge in [0, 0.05) is 19.2 Å². The molecule has 0 aromatic heterocycles. The van der Waals surface area contributed by atoms with Crippen LogP contribution in [0, 0.1) is 0 Å². The van der Waals surface area contributed by atoms with Gasteiger partial charge in [0.15, 0.2) is 0 Å². The van der Waals surface area contributed by atoms with Crippen LogP contribution in [0.2, 0.25) is 0 Å². The molecule has 5 nitrogen and oxygen atoms in total. The second-order valence-electron chi connectivity index (χ2n) is 4.88. The first-order valence-electron chi connectivity index (χ1n) is 6.92. The molecule has 0 spiro atoms. The molecule has 1 amide bonds. The Hall–Kier alpha value is -3.21. The van der Waals surface area contributed by atoms with Crippen LogP contribution in [0.25, 0.3) is 18.2 Å². The summed E-state index contributed by atoms with van der Waals surface area (Å²) < 4.78 is 0. The zero-order valence-electron chi connectivity index (χ0n) is 12.5. The largest absolute Gasteiger partial charge is 0.508 e. The number of hydrogen-bond acceptors (Lipinski definition) is 4. The van der Waals surface area contributed by atoms with Crippen molar-refractivity contribution in [2.45, 2.75) is 0 Å². The Bertz CT molecular complexity index is 758. The molecular formula is C18H17NO4. The quantitative estimate of drug-likeness (QED) is 0.516. The minimum absolute atomic E-state index is 0.0323. The summed E-state index contributed by atoms with van der Waals surface area (Å²) >= 11 is 0. The van der Waals surface area contributed by atoms with Crippen LogP contribution < -0.4 is 5.32 Å². The van der Waals surface area contributed by atoms with Crippen LogP contribution in [-0.2, 0) is 4.79 Å². The molecule has 0 heterocycles. The predicted octanol–water partition coefficient (Wildman–Crippen LogP) is 2.73. The summed E-state index contributed by atoms with van der Waals surface area (Å²) in [5.74, 6) is -0.222. The molecule has 118 valence electrons. The highest BCUT2D eigenvalue weighted by molar-refractivity contribution is 5.92. The van der Waals surface area contributed by atoms with Crippen molar-refractivity contribution in [1.29, 1.82) is 0 Å². The Kier molecular flexibility index (Phi) is 5.04. The highest BCUT2D eigenvalue weighted by Crippen LogP contribution is 2.24. The fraction of sp³-hybridized carbons (Fsp3) is 0.0556. The number of carbonyl (C=O) groups is 1. The van der Waals surface area contributed by atoms with Gasteiger partial charge in [-0.3, -0.25) is 4.79 Å². The van der Waals surface area contributed by atoms with Crippen LogP contribution in [0.15, 0.2) is 42.5 Å². The molecule has 0 aliphatic rings. The SMILES string of the molecule is CNC(=O)/C=C/c1cc(O)ccc1/C=C/c1cc(O)cc(O)c1. The lowest BCUT2D eigenvalue weighted by atomic mass is 10.0. The van der Waals surface area contributed by atoms with Gasteiger partial charge in [-0.25, -0.2) is 0 Å². The van der Waals surface area contributed by atoms with E-state index in [-0.39, 0.29) is 23.2 Å². The molecule has 2 aromatic carbocycles. The summed E-state index contributed by atoms with van der Waals surface area (Å²) in [6, 6.07) is 9.05. The molecule has 5 heteroatoms. The van der Waals surface area contributed by atoms with E-state index in [2.05, 4.69) is 5.32 Å². The Labute approximate surface area is 133 Å². The average molecular weight is 311 g/mol. The Balaban J connectivity index is 2.33. The van der Waals surface area contributed by atoms with Gasteiger partial charge in [0.2, 0.25) is 5.91 Å². The molecule has 0 bridgehead atoms. The molecule has 23 heavy (non-hydrogen) atoms. The monoisotopic (exact) mass is 311 g/mol. The molecule has 0 fully saturated rings. The fourth-order valence-corrected chi connectivity index (χ4v) is 2.01. The lowest BCUT2D eigenvalue weighted by Gasteiger charge is -2.03. The highest BCUT2D eigenvalue weighted by Gasteiger charge is 2.01. The van der Waals surface area contributed by atoms with Gasteiger partial charge in [-0.2, -0.15) is 0 Å². The van der Waals surface area contributed by atoms with E-state index in [4.69, 9.17) is 0 Å². The zero-order valence-corrected chi connectivity index (χ0v) is 12.5. The van der Waals surface area contributed by atoms with Crippen molar-refractivity contribution in [1.82, 2.24) is 5.32 Å². The minimum atomic E-state index is -0.249. The second kappa shape index (κ2) is 7.17. The van der Waals surface area contributed by atoms with Gasteiger partial charge in [-0.1, -0.05) is 18.2 Å². The van der Waals surface area contributed by atoms with Crippen LogP contribution in [0.3, 0.4) is 0 Å². The molecule has 0 unspecified atom stereocenters. The minimum Gasteiger partial charge on any atom is -0.508 e. The molecule has 2 aromatic rings. The Morgan fingerprint density at radius 2 is 1.57 bits per heavy atom. The van der Waals surface area contributed by atoms with E-state index in [0.717, 1.165) is 5.56 Å². The van der Waals surface area contributed by atoms with E-state index in [9.17, 15) is 20.1 Å². The number of benzene rings is 2. The standard InChI is InChI=1S/C18H17NO4/c1-19-18(23)7-5-14-10-15(20)6-4-13(14)3-2-12-8-16(21)11-17(22)9-12/h2-11,20-22H,1H3,(H,19,23)/b3-2+,7-5+. The van der Waals surface area contributed by atoms with Crippen LogP contribution >= 0.6 is 0 Å². The fourth-order valence-electron chi connectivity index (χ4n) is 2.01. The summed E-state index contributed by atoms with van der Waals surface area (Å²) in [7, 11) is 1.53. The Morgan fingerprint density at radius 3 is 2.22 bits per heavy atom. The van der Waals surface area contributed by atoms with Crippen molar-refractivity contribution in [2.75, 3.05) is 7.05 Å². The average Bonchev–Trinajstić information content (AvgIpc) is 2.50. The van der Waals surface area contributed by atoms with Gasteiger partial charge in [0.05, 0.1) is 0 Å². The van der Waals surface area contributed by atoms with E-state index in [1.165, 1.54) is 37.4 Å². The topological polar surface area (TPSA) is 89.8 Å². The van der Waals surface area contributed by atoms with Crippen LogP contribution in [0.5, 0.6) is 17.2 Å². The molecule has 2 rings (SSSR count). The normalized spacial score (nSPS) is 11.2. The van der Waals surface area contributed by atoms with Crippen molar-refractivity contribution < 1.29 is 20.1 Å². The van der Waals surface area contributed by atoms with Gasteiger partial charge in [-0.15, -0.1) is 0 Å². The van der Waals surface area contributed by atoms with E-state index in [1.54, 1.807) is 30.4 Å². The number of phenols is 3. The zero-order chi connectivity index (χ0) is 16.8. The maximum Gasteiger partial charge on any atom is 0.243 e. The number of aromatic hydroxyl groups is 3. The van der Waals surface area contributed by atoms with Crippen LogP contribution in [0.1, 0.15) is 16.7 Å². The van der Waals surface area contributed by atoms with Crippen molar-refractivity contribution in [3.8, 4) is 17.2 Å². The first-order valence-corrected chi connectivity index (χ1v) is 6.92. The molecule has 0 radical (unpaired) electrons. The summed E-state index contributed by atoms with van der Waals surface area (Å²) in [5.41, 5.74) is 2.05. The third-order valence-electron chi connectivity index (χ3n) is 3.11. The van der Waals surface area contributed by atoms with Crippen LogP contribution in [0.4, 0.5) is 0 Å². The lowest BCUT2D eigenvalue weighted by molar-refractivity contribution is -0.115. The van der Waals surface area contributed by atoms with E-state index >= 15 is 0 Å². The predicted molar refractivity (Wildman–Crippen MR) is 89.9 cm³/mol. The number of rotatable bonds is 4. The smallest absolute Gasteiger partial charge is 0.243 e. The van der Waals surface area contributed by atoms with Crippen molar-refractivity contribution >= 4 is 24.1 Å². The van der Waals surface area contributed by atoms with Crippen molar-refractivity contribution in [3.05, 3.63) is 59.2 Å². The number of carbonyl (C=O) groups excluding carboxylic acids is 1. The van der Waals surface area contributed by atoms with Gasteiger partial charge in [0.1, 0.15) is 17.2 Å². The number of amides is 1. The van der Waals surface area contributed by atoms with Gasteiger partial charge >= 0.3 is 0 Å². The van der Waals surface area contributed by atoms with Gasteiger partial charge in [-0.05, 0) is 47.0 Å². The van der Waals surface area contributed by atoms with Gasteiger partial charge in [0.25, 0.3) is 0 Å². The van der Waals surface area contributed by atoms with Crippen LogP contribution in [-0.4, -0.2) is 28.3 Å². The number of nitrogens with one attached hydrogen (secondary N) is 1. The molecule has 0 aliphatic heterocycles. The third-order valence-corrected chi connectivity index (χ3v) is 3.11. The highest BCUT2D eigenvalue weighted by atomic mass is 16.3. The van der Waals surface area contributed by atoms with E-state index in [1.807, 2.05) is 0 Å². The molecule has 0 saturated carbocycles. The maximum atomic E-state index is 11.3. The number of hydrogen-bond donors (Lipinski definition) is 4. The number of phenolic OH excluding ortho intramolecular Hbond substituents is 3. The first-order chi connectivity index (χ1) is 11.0. The lowest BCUT2D eigenvalue weighted by Crippen LogP contribution is -2.13. The summed E-state index contributed by atoms with van der Waals surface area (Å²) in [6.45, 7) is 0. The summed E-state index contributed by atoms with van der Waals surface area (Å²) in [5, 5.41) is 31.0. The summed E-state index contributed by atoms with van der Waals surface area (Å²) in [6.07, 6.45) is 6.44. The molecule has 0 saturated heterocycles. The number of likely N-dealkylation sites (N-methyl/N-ethyl adjacent to an activating group) is 1.